The number of oxime groups is 1. The predicted molar refractivity (Wildman–Crippen MR) is 197 cm³/mol. The highest BCUT2D eigenvalue weighted by molar-refractivity contribution is 7.89. The Morgan fingerprint density at radius 3 is 2.27 bits per heavy atom. The zero-order valence-corrected chi connectivity index (χ0v) is 31.5. The van der Waals surface area contributed by atoms with Crippen molar-refractivity contribution in [1.29, 1.82) is 0 Å². The van der Waals surface area contributed by atoms with E-state index in [-0.39, 0.29) is 55.2 Å². The van der Waals surface area contributed by atoms with Crippen LogP contribution in [0.4, 0.5) is 4.79 Å². The van der Waals surface area contributed by atoms with Crippen LogP contribution in [0.1, 0.15) is 68.9 Å². The predicted octanol–water partition coefficient (Wildman–Crippen LogP) is 4.18. The van der Waals surface area contributed by atoms with Crippen molar-refractivity contribution in [3.63, 3.8) is 0 Å². The van der Waals surface area contributed by atoms with Crippen molar-refractivity contribution < 1.29 is 33.1 Å². The number of hydrogen-bond acceptors (Lipinski definition) is 9. The molecule has 1 saturated heterocycles. The zero-order chi connectivity index (χ0) is 38.2. The average Bonchev–Trinajstić information content (AvgIpc) is 3.42. The fraction of sp³-hybridized carbons (Fsp3) is 0.447. The topological polar surface area (TPSA) is 173 Å². The van der Waals surface area contributed by atoms with Crippen LogP contribution in [-0.4, -0.2) is 106 Å². The molecule has 0 unspecified atom stereocenters. The van der Waals surface area contributed by atoms with E-state index in [2.05, 4.69) is 15.5 Å². The first-order valence-corrected chi connectivity index (χ1v) is 18.8. The Morgan fingerprint density at radius 2 is 1.67 bits per heavy atom. The zero-order valence-electron chi connectivity index (χ0n) is 30.6. The summed E-state index contributed by atoms with van der Waals surface area (Å²) >= 11 is 0. The largest absolute Gasteiger partial charge is 0.411 e. The molecular weight excluding hydrogens is 685 g/mol. The Labute approximate surface area is 306 Å². The molecule has 14 heteroatoms. The van der Waals surface area contributed by atoms with E-state index in [9.17, 15) is 27.9 Å². The Bertz CT molecular complexity index is 1830. The summed E-state index contributed by atoms with van der Waals surface area (Å²) in [6.07, 6.45) is 0.0600. The van der Waals surface area contributed by atoms with Gasteiger partial charge in [0.2, 0.25) is 15.9 Å². The molecule has 2 heterocycles. The van der Waals surface area contributed by atoms with Crippen molar-refractivity contribution in [1.82, 2.24) is 24.4 Å². The van der Waals surface area contributed by atoms with Gasteiger partial charge in [-0.15, -0.1) is 0 Å². The lowest BCUT2D eigenvalue weighted by Crippen LogP contribution is -2.59. The molecule has 52 heavy (non-hydrogen) atoms. The molecule has 4 rings (SSSR count). The quantitative estimate of drug-likeness (QED) is 0.0851. The molecule has 1 aliphatic heterocycles. The number of aromatic nitrogens is 1. The molecule has 1 aromatic heterocycles. The summed E-state index contributed by atoms with van der Waals surface area (Å²) in [5, 5.41) is 26.7. The lowest BCUT2D eigenvalue weighted by molar-refractivity contribution is -0.130. The molecule has 2 aromatic carbocycles. The van der Waals surface area contributed by atoms with Crippen molar-refractivity contribution in [2.75, 3.05) is 26.2 Å². The summed E-state index contributed by atoms with van der Waals surface area (Å²) in [6.45, 7) is 11.4. The third-order valence-electron chi connectivity index (χ3n) is 8.80. The molecule has 1 fully saturated rings. The molecule has 3 atom stereocenters. The van der Waals surface area contributed by atoms with Crippen molar-refractivity contribution in [2.24, 2.45) is 16.5 Å². The number of carbonyl (C=O) groups is 3. The van der Waals surface area contributed by atoms with Crippen molar-refractivity contribution in [2.45, 2.75) is 77.6 Å². The first-order valence-electron chi connectivity index (χ1n) is 17.3. The number of nitrogens with zero attached hydrogens (tertiary/aromatic N) is 5. The molecule has 3 aromatic rings. The summed E-state index contributed by atoms with van der Waals surface area (Å²) in [5.74, 6) is -0.737. The molecule has 1 aliphatic rings. The third kappa shape index (κ3) is 10.2. The van der Waals surface area contributed by atoms with Crippen LogP contribution in [0.3, 0.4) is 0 Å². The summed E-state index contributed by atoms with van der Waals surface area (Å²) in [4.78, 5) is 47.5. The summed E-state index contributed by atoms with van der Waals surface area (Å²) in [6, 6.07) is 18.0. The van der Waals surface area contributed by atoms with Crippen LogP contribution >= 0.6 is 0 Å². The second-order valence-electron chi connectivity index (χ2n) is 14.6. The number of amides is 3. The fourth-order valence-electron chi connectivity index (χ4n) is 6.32. The van der Waals surface area contributed by atoms with E-state index in [1.54, 1.807) is 23.1 Å². The van der Waals surface area contributed by atoms with Crippen LogP contribution in [0.15, 0.2) is 82.8 Å². The minimum atomic E-state index is -4.09. The van der Waals surface area contributed by atoms with E-state index in [0.29, 0.717) is 23.5 Å². The Morgan fingerprint density at radius 1 is 1.00 bits per heavy atom. The number of sulfonamides is 1. The van der Waals surface area contributed by atoms with E-state index in [4.69, 9.17) is 5.21 Å². The lowest BCUT2D eigenvalue weighted by Gasteiger charge is -2.38. The monoisotopic (exact) mass is 734 g/mol. The molecule has 280 valence electrons. The summed E-state index contributed by atoms with van der Waals surface area (Å²) in [7, 11) is -4.09. The standard InChI is InChI=1S/C38H50N6O7S/c1-26(2)23-43(52(50,51)31-17-15-29(16-18-31)22-39-49)25-34(46)33(21-28-11-8-7-9-12-28)41-36(47)35(38(4,5)6)44-20-19-42(37(44)48)24-30-13-10-14-32(40-30)27(3)45/h7-18,22,26,33-35,46,49H,19-21,23-25H2,1-6H3,(H,41,47)/t33-,34-,35+/m0/s1. The van der Waals surface area contributed by atoms with E-state index < -0.39 is 39.5 Å². The van der Waals surface area contributed by atoms with Gasteiger partial charge in [-0.1, -0.05) is 88.3 Å². The average molecular weight is 735 g/mol. The van der Waals surface area contributed by atoms with Crippen molar-refractivity contribution in [3.8, 4) is 0 Å². The number of ketones is 1. The molecular formula is C38H50N6O7S. The van der Waals surface area contributed by atoms with Crippen molar-refractivity contribution in [3.05, 3.63) is 95.3 Å². The summed E-state index contributed by atoms with van der Waals surface area (Å²) < 4.78 is 29.0. The Balaban J connectivity index is 1.60. The number of Topliss-reactive ketones (excluding diaryl/α,β-unsaturated/α-hetero) is 1. The summed E-state index contributed by atoms with van der Waals surface area (Å²) in [5.41, 5.74) is 1.48. The van der Waals surface area contributed by atoms with Gasteiger partial charge >= 0.3 is 6.03 Å². The number of carbonyl (C=O) groups excluding carboxylic acids is 3. The van der Waals surface area contributed by atoms with Gasteiger partial charge < -0.3 is 25.4 Å². The van der Waals surface area contributed by atoms with E-state index >= 15 is 0 Å². The van der Waals surface area contributed by atoms with Crippen molar-refractivity contribution >= 4 is 34.0 Å². The van der Waals surface area contributed by atoms with E-state index in [1.165, 1.54) is 46.6 Å². The minimum Gasteiger partial charge on any atom is -0.411 e. The van der Waals surface area contributed by atoms with E-state index in [0.717, 1.165) is 5.56 Å². The molecule has 0 saturated carbocycles. The number of benzene rings is 2. The maximum Gasteiger partial charge on any atom is 0.321 e. The van der Waals surface area contributed by atoms with Crippen LogP contribution in [-0.2, 0) is 27.8 Å². The van der Waals surface area contributed by atoms with Gasteiger partial charge in [0, 0.05) is 33.1 Å². The highest BCUT2D eigenvalue weighted by atomic mass is 32.2. The number of aliphatic hydroxyl groups excluding tert-OH is 1. The number of aliphatic hydroxyl groups is 1. The van der Waals surface area contributed by atoms with Crippen LogP contribution in [0.5, 0.6) is 0 Å². The molecule has 0 bridgehead atoms. The first kappa shape index (κ1) is 40.1. The Hall–Kier alpha value is -4.66. The number of hydrogen-bond donors (Lipinski definition) is 3. The Kier molecular flexibility index (Phi) is 13.3. The minimum absolute atomic E-state index is 0.00667. The second kappa shape index (κ2) is 17.2. The highest BCUT2D eigenvalue weighted by Gasteiger charge is 2.44. The molecule has 13 nitrogen and oxygen atoms in total. The lowest BCUT2D eigenvalue weighted by atomic mass is 9.84. The maximum atomic E-state index is 14.3. The fourth-order valence-corrected chi connectivity index (χ4v) is 7.94. The van der Waals surface area contributed by atoms with Gasteiger partial charge in [-0.25, -0.2) is 18.2 Å². The SMILES string of the molecule is CC(=O)c1cccc(CN2CCN([C@H](C(=O)N[C@@H](Cc3ccccc3)[C@@H](O)CN(CC(C)C)S(=O)(=O)c3ccc(C=NO)cc3)C(C)(C)C)C2=O)n1. The molecule has 0 spiro atoms. The van der Waals surface area contributed by atoms with Gasteiger partial charge in [-0.05, 0) is 53.1 Å². The number of nitrogens with one attached hydrogen (secondary N) is 1. The number of pyridine rings is 1. The van der Waals surface area contributed by atoms with E-state index in [1.807, 2.05) is 65.0 Å². The number of rotatable bonds is 16. The normalized spacial score (nSPS) is 15.8. The van der Waals surface area contributed by atoms with Gasteiger partial charge in [-0.3, -0.25) is 9.59 Å². The smallest absolute Gasteiger partial charge is 0.321 e. The third-order valence-corrected chi connectivity index (χ3v) is 10.6. The molecule has 3 amide bonds. The maximum absolute atomic E-state index is 14.3. The molecule has 0 radical (unpaired) electrons. The first-order chi connectivity index (χ1) is 24.5. The van der Waals surface area contributed by atoms with Gasteiger partial charge in [-0.2, -0.15) is 4.31 Å². The molecule has 3 N–H and O–H groups in total. The van der Waals surface area contributed by atoms with Crippen LogP contribution in [0, 0.1) is 11.3 Å². The van der Waals surface area contributed by atoms with Crippen LogP contribution in [0.25, 0.3) is 0 Å². The van der Waals surface area contributed by atoms with Crippen LogP contribution < -0.4 is 5.32 Å². The highest BCUT2D eigenvalue weighted by Crippen LogP contribution is 2.29. The van der Waals surface area contributed by atoms with Gasteiger partial charge in [0.25, 0.3) is 0 Å². The molecule has 0 aliphatic carbocycles. The van der Waals surface area contributed by atoms with Gasteiger partial charge in [0.15, 0.2) is 5.78 Å². The second-order valence-corrected chi connectivity index (χ2v) is 16.6. The van der Waals surface area contributed by atoms with Crippen LogP contribution in [0.2, 0.25) is 0 Å². The number of urea groups is 1. The van der Waals surface area contributed by atoms with Gasteiger partial charge in [0.05, 0.1) is 35.5 Å². The van der Waals surface area contributed by atoms with Gasteiger partial charge in [0.1, 0.15) is 11.7 Å².